The third-order valence-electron chi connectivity index (χ3n) is 4.41. The molecule has 0 aliphatic rings. The number of hydrogen-bond acceptors (Lipinski definition) is 2. The number of unbranched alkanes of at least 4 members (excludes halogenated alkanes) is 1. The Bertz CT molecular complexity index is 456. The molecule has 2 nitrogen and oxygen atoms in total. The van der Waals surface area contributed by atoms with E-state index >= 15 is 0 Å². The van der Waals surface area contributed by atoms with Crippen molar-refractivity contribution in [3.05, 3.63) is 28.8 Å². The van der Waals surface area contributed by atoms with Crippen LogP contribution in [-0.2, 0) is 10.8 Å². The molecule has 0 aromatic heterocycles. The van der Waals surface area contributed by atoms with E-state index in [0.717, 1.165) is 17.5 Å². The minimum absolute atomic E-state index is 0.0794. The molecule has 1 rings (SSSR count). The number of phenols is 1. The van der Waals surface area contributed by atoms with E-state index in [1.807, 2.05) is 0 Å². The van der Waals surface area contributed by atoms with E-state index in [0.29, 0.717) is 18.2 Å². The molecule has 2 heteroatoms. The molecule has 1 unspecified atom stereocenters. The van der Waals surface area contributed by atoms with Crippen LogP contribution < -0.4 is 5.73 Å². The molecule has 0 fully saturated rings. The molecule has 0 heterocycles. The first kappa shape index (κ1) is 19.0. The second-order valence-corrected chi connectivity index (χ2v) is 8.54. The predicted octanol–water partition coefficient (Wildman–Crippen LogP) is 5.22. The molecule has 0 amide bonds. The van der Waals surface area contributed by atoms with Crippen LogP contribution in [0.25, 0.3) is 0 Å². The summed E-state index contributed by atoms with van der Waals surface area (Å²) in [5, 5.41) is 10.8. The van der Waals surface area contributed by atoms with Crippen LogP contribution in [0.15, 0.2) is 12.1 Å². The SMILES string of the molecule is CCCCC(CN)c1cc(C(C)(C)C)c(O)c(C(C)(C)C)c1. The highest BCUT2D eigenvalue weighted by molar-refractivity contribution is 5.50. The molecule has 0 saturated carbocycles. The number of rotatable bonds is 5. The predicted molar refractivity (Wildman–Crippen MR) is 96.8 cm³/mol. The first-order valence-electron chi connectivity index (χ1n) is 8.60. The molecule has 22 heavy (non-hydrogen) atoms. The van der Waals surface area contributed by atoms with Crippen LogP contribution >= 0.6 is 0 Å². The van der Waals surface area contributed by atoms with Crippen LogP contribution in [0, 0.1) is 0 Å². The number of nitrogens with two attached hydrogens (primary N) is 1. The van der Waals surface area contributed by atoms with Crippen molar-refractivity contribution >= 4 is 0 Å². The Morgan fingerprint density at radius 2 is 1.45 bits per heavy atom. The van der Waals surface area contributed by atoms with E-state index in [1.54, 1.807) is 0 Å². The summed E-state index contributed by atoms with van der Waals surface area (Å²) in [4.78, 5) is 0. The van der Waals surface area contributed by atoms with Gasteiger partial charge < -0.3 is 10.8 Å². The van der Waals surface area contributed by atoms with Gasteiger partial charge in [-0.1, -0.05) is 73.4 Å². The molecule has 0 aliphatic carbocycles. The standard InChI is InChI=1S/C20H35NO/c1-8-9-10-14(13-21)15-11-16(19(2,3)4)18(22)17(12-15)20(5,6)7/h11-12,14,22H,8-10,13,21H2,1-7H3. The highest BCUT2D eigenvalue weighted by Gasteiger charge is 2.27. The highest BCUT2D eigenvalue weighted by atomic mass is 16.3. The maximum absolute atomic E-state index is 10.8. The minimum Gasteiger partial charge on any atom is -0.507 e. The summed E-state index contributed by atoms with van der Waals surface area (Å²) < 4.78 is 0. The number of aromatic hydroxyl groups is 1. The normalized spacial score (nSPS) is 14.2. The maximum atomic E-state index is 10.8. The zero-order chi connectivity index (χ0) is 17.1. The Kier molecular flexibility index (Phi) is 6.09. The van der Waals surface area contributed by atoms with E-state index in [-0.39, 0.29) is 10.8 Å². The van der Waals surface area contributed by atoms with E-state index < -0.39 is 0 Å². The van der Waals surface area contributed by atoms with Crippen LogP contribution in [0.2, 0.25) is 0 Å². The third kappa shape index (κ3) is 4.49. The Morgan fingerprint density at radius 3 is 1.77 bits per heavy atom. The van der Waals surface area contributed by atoms with Crippen molar-refractivity contribution in [3.63, 3.8) is 0 Å². The van der Waals surface area contributed by atoms with Crippen LogP contribution in [-0.4, -0.2) is 11.7 Å². The lowest BCUT2D eigenvalue weighted by Gasteiger charge is -2.29. The van der Waals surface area contributed by atoms with E-state index in [4.69, 9.17) is 5.73 Å². The first-order valence-corrected chi connectivity index (χ1v) is 8.60. The van der Waals surface area contributed by atoms with Crippen LogP contribution in [0.5, 0.6) is 5.75 Å². The van der Waals surface area contributed by atoms with Gasteiger partial charge in [-0.15, -0.1) is 0 Å². The lowest BCUT2D eigenvalue weighted by Crippen LogP contribution is -2.20. The molecule has 1 atom stereocenters. The molecule has 0 spiro atoms. The minimum atomic E-state index is -0.0794. The van der Waals surface area contributed by atoms with Crippen LogP contribution in [0.3, 0.4) is 0 Å². The Hall–Kier alpha value is -1.02. The summed E-state index contributed by atoms with van der Waals surface area (Å²) >= 11 is 0. The second-order valence-electron chi connectivity index (χ2n) is 8.54. The molecule has 0 radical (unpaired) electrons. The van der Waals surface area contributed by atoms with Crippen molar-refractivity contribution in [1.29, 1.82) is 0 Å². The summed E-state index contributed by atoms with van der Waals surface area (Å²) in [6, 6.07) is 4.36. The average Bonchev–Trinajstić information content (AvgIpc) is 2.38. The van der Waals surface area contributed by atoms with Crippen molar-refractivity contribution in [2.45, 2.75) is 84.5 Å². The van der Waals surface area contributed by atoms with Gasteiger partial charge in [0.2, 0.25) is 0 Å². The van der Waals surface area contributed by atoms with Gasteiger partial charge in [-0.25, -0.2) is 0 Å². The van der Waals surface area contributed by atoms with Gasteiger partial charge >= 0.3 is 0 Å². The van der Waals surface area contributed by atoms with Gasteiger partial charge in [0.25, 0.3) is 0 Å². The number of benzene rings is 1. The molecule has 0 aliphatic heterocycles. The second kappa shape index (κ2) is 7.04. The fourth-order valence-corrected chi connectivity index (χ4v) is 2.91. The summed E-state index contributed by atoms with van der Waals surface area (Å²) in [6.07, 6.45) is 3.50. The molecule has 0 saturated heterocycles. The average molecular weight is 306 g/mol. The Balaban J connectivity index is 3.46. The maximum Gasteiger partial charge on any atom is 0.123 e. The van der Waals surface area contributed by atoms with E-state index in [1.165, 1.54) is 18.4 Å². The smallest absolute Gasteiger partial charge is 0.123 e. The van der Waals surface area contributed by atoms with Crippen molar-refractivity contribution < 1.29 is 5.11 Å². The van der Waals surface area contributed by atoms with Gasteiger partial charge in [0.15, 0.2) is 0 Å². The summed E-state index contributed by atoms with van der Waals surface area (Å²) in [5.41, 5.74) is 9.23. The lowest BCUT2D eigenvalue weighted by molar-refractivity contribution is 0.421. The zero-order valence-electron chi connectivity index (χ0n) is 15.6. The van der Waals surface area contributed by atoms with Crippen molar-refractivity contribution in [3.8, 4) is 5.75 Å². The van der Waals surface area contributed by atoms with Gasteiger partial charge in [0, 0.05) is 0 Å². The van der Waals surface area contributed by atoms with Gasteiger partial charge in [-0.05, 0) is 46.4 Å². The van der Waals surface area contributed by atoms with Gasteiger partial charge in [0.1, 0.15) is 5.75 Å². The van der Waals surface area contributed by atoms with Crippen molar-refractivity contribution in [1.82, 2.24) is 0 Å². The fourth-order valence-electron chi connectivity index (χ4n) is 2.91. The molecular weight excluding hydrogens is 270 g/mol. The molecule has 126 valence electrons. The zero-order valence-corrected chi connectivity index (χ0v) is 15.6. The van der Waals surface area contributed by atoms with E-state index in [9.17, 15) is 5.11 Å². The summed E-state index contributed by atoms with van der Waals surface area (Å²) in [6.45, 7) is 15.8. The van der Waals surface area contributed by atoms with Gasteiger partial charge in [-0.3, -0.25) is 0 Å². The van der Waals surface area contributed by atoms with Crippen LogP contribution in [0.4, 0.5) is 0 Å². The van der Waals surface area contributed by atoms with Gasteiger partial charge in [0.05, 0.1) is 0 Å². The van der Waals surface area contributed by atoms with Crippen molar-refractivity contribution in [2.24, 2.45) is 5.73 Å². The fraction of sp³-hybridized carbons (Fsp3) is 0.700. The molecule has 0 bridgehead atoms. The van der Waals surface area contributed by atoms with Gasteiger partial charge in [-0.2, -0.15) is 0 Å². The third-order valence-corrected chi connectivity index (χ3v) is 4.41. The first-order chi connectivity index (χ1) is 10.0. The Morgan fingerprint density at radius 1 is 1.00 bits per heavy atom. The Labute approximate surface area is 137 Å². The topological polar surface area (TPSA) is 46.2 Å². The van der Waals surface area contributed by atoms with Crippen molar-refractivity contribution in [2.75, 3.05) is 6.54 Å². The van der Waals surface area contributed by atoms with Crippen LogP contribution in [0.1, 0.15) is 90.3 Å². The lowest BCUT2D eigenvalue weighted by atomic mass is 9.76. The molecule has 3 N–H and O–H groups in total. The highest BCUT2D eigenvalue weighted by Crippen LogP contribution is 2.41. The number of hydrogen-bond donors (Lipinski definition) is 2. The summed E-state index contributed by atoms with van der Waals surface area (Å²) in [7, 11) is 0. The molecule has 1 aromatic rings. The summed E-state index contributed by atoms with van der Waals surface area (Å²) in [5.74, 6) is 0.831. The molecule has 1 aromatic carbocycles. The quantitative estimate of drug-likeness (QED) is 0.783. The number of phenolic OH excluding ortho intramolecular Hbond substituents is 1. The molecular formula is C20H35NO. The monoisotopic (exact) mass is 305 g/mol. The largest absolute Gasteiger partial charge is 0.507 e. The van der Waals surface area contributed by atoms with E-state index in [2.05, 4.69) is 60.6 Å².